The van der Waals surface area contributed by atoms with Gasteiger partial charge in [0.15, 0.2) is 6.04 Å². The van der Waals surface area contributed by atoms with E-state index in [-0.39, 0.29) is 5.25 Å². The van der Waals surface area contributed by atoms with Crippen molar-refractivity contribution in [3.05, 3.63) is 0 Å². The summed E-state index contributed by atoms with van der Waals surface area (Å²) in [5.41, 5.74) is 0. The smallest absolute Gasteiger partial charge is 0.329 e. The van der Waals surface area contributed by atoms with E-state index in [0.29, 0.717) is 0 Å². The highest BCUT2D eigenvalue weighted by Gasteiger charge is 2.32. The number of hydrogen-bond acceptors (Lipinski definition) is 3. The van der Waals surface area contributed by atoms with E-state index < -0.39 is 12.0 Å². The summed E-state index contributed by atoms with van der Waals surface area (Å²) in [6.07, 6.45) is 1.95. The van der Waals surface area contributed by atoms with E-state index in [1.54, 1.807) is 11.8 Å². The van der Waals surface area contributed by atoms with Crippen molar-refractivity contribution in [2.75, 3.05) is 0 Å². The topological polar surface area (TPSA) is 49.7 Å². The first-order chi connectivity index (χ1) is 5.65. The summed E-state index contributed by atoms with van der Waals surface area (Å²) in [6, 6.07) is -0.505. The zero-order chi connectivity index (χ0) is 9.14. The molecule has 0 radical (unpaired) electrons. The van der Waals surface area contributed by atoms with Gasteiger partial charge in [-0.1, -0.05) is 13.3 Å². The molecule has 0 aromatic heterocycles. The van der Waals surface area contributed by atoms with E-state index in [9.17, 15) is 4.79 Å². The molecule has 12 heavy (non-hydrogen) atoms. The lowest BCUT2D eigenvalue weighted by molar-refractivity contribution is -0.138. The molecule has 1 aliphatic rings. The van der Waals surface area contributed by atoms with E-state index >= 15 is 0 Å². The number of carboxylic acids is 1. The van der Waals surface area contributed by atoms with Crippen LogP contribution < -0.4 is 0 Å². The Balaban J connectivity index is 2.61. The molecule has 3 nitrogen and oxygen atoms in total. The normalized spacial score (nSPS) is 28.7. The Kier molecular flexibility index (Phi) is 3.14. The molecule has 0 aliphatic carbocycles. The Morgan fingerprint density at radius 1 is 1.75 bits per heavy atom. The van der Waals surface area contributed by atoms with Crippen LogP contribution in [0.4, 0.5) is 0 Å². The van der Waals surface area contributed by atoms with Crippen molar-refractivity contribution in [1.29, 1.82) is 0 Å². The average Bonchev–Trinajstić information content (AvgIpc) is 2.32. The molecule has 1 rings (SSSR count). The highest BCUT2D eigenvalue weighted by molar-refractivity contribution is 8.14. The van der Waals surface area contributed by atoms with Crippen LogP contribution in [0.2, 0.25) is 0 Å². The minimum Gasteiger partial charge on any atom is -0.480 e. The summed E-state index contributed by atoms with van der Waals surface area (Å²) in [5, 5.41) is 9.87. The number of hydrogen-bond donors (Lipinski definition) is 1. The Bertz CT molecular complexity index is 215. The van der Waals surface area contributed by atoms with Gasteiger partial charge in [0.05, 0.1) is 5.04 Å². The second kappa shape index (κ2) is 3.94. The lowest BCUT2D eigenvalue weighted by Gasteiger charge is -2.11. The molecule has 0 saturated heterocycles. The van der Waals surface area contributed by atoms with Crippen LogP contribution in [0.25, 0.3) is 0 Å². The molecule has 0 aromatic carbocycles. The lowest BCUT2D eigenvalue weighted by atomic mass is 10.1. The van der Waals surface area contributed by atoms with Gasteiger partial charge in [-0.15, -0.1) is 11.8 Å². The monoisotopic (exact) mass is 187 g/mol. The maximum absolute atomic E-state index is 10.7. The van der Waals surface area contributed by atoms with Crippen molar-refractivity contribution in [1.82, 2.24) is 0 Å². The van der Waals surface area contributed by atoms with E-state index in [4.69, 9.17) is 5.11 Å². The number of carboxylic acid groups (broad SMARTS) is 1. The maximum atomic E-state index is 10.7. The first kappa shape index (κ1) is 9.58. The third kappa shape index (κ3) is 2.00. The van der Waals surface area contributed by atoms with Crippen LogP contribution >= 0.6 is 11.8 Å². The Labute approximate surface area is 76.3 Å². The second-order valence-corrected chi connectivity index (χ2v) is 4.31. The lowest BCUT2D eigenvalue weighted by Crippen LogP contribution is -2.26. The van der Waals surface area contributed by atoms with Crippen molar-refractivity contribution in [3.63, 3.8) is 0 Å². The largest absolute Gasteiger partial charge is 0.480 e. The number of nitrogens with zero attached hydrogens (tertiary/aromatic N) is 1. The van der Waals surface area contributed by atoms with E-state index in [1.807, 2.05) is 6.92 Å². The van der Waals surface area contributed by atoms with Gasteiger partial charge in [0, 0.05) is 5.25 Å². The van der Waals surface area contributed by atoms with Crippen LogP contribution in [0.3, 0.4) is 0 Å². The first-order valence-electron chi connectivity index (χ1n) is 4.09. The van der Waals surface area contributed by atoms with Crippen LogP contribution in [-0.4, -0.2) is 27.4 Å². The number of carbonyl (C=O) groups is 1. The summed E-state index contributed by atoms with van der Waals surface area (Å²) in [7, 11) is 0. The number of thioether (sulfide) groups is 1. The molecule has 1 N–H and O–H groups in total. The molecule has 2 unspecified atom stereocenters. The molecule has 0 saturated carbocycles. The molecule has 1 heterocycles. The van der Waals surface area contributed by atoms with E-state index in [0.717, 1.165) is 17.9 Å². The molecule has 0 bridgehead atoms. The van der Waals surface area contributed by atoms with Gasteiger partial charge in [-0.2, -0.15) is 0 Å². The molecule has 2 atom stereocenters. The molecule has 4 heteroatoms. The van der Waals surface area contributed by atoms with E-state index in [2.05, 4.69) is 11.9 Å². The van der Waals surface area contributed by atoms with Gasteiger partial charge < -0.3 is 5.11 Å². The molecule has 68 valence electrons. The highest BCUT2D eigenvalue weighted by atomic mass is 32.2. The van der Waals surface area contributed by atoms with Crippen LogP contribution in [0.15, 0.2) is 4.99 Å². The zero-order valence-corrected chi connectivity index (χ0v) is 8.10. The second-order valence-electron chi connectivity index (χ2n) is 2.88. The molecular weight excluding hydrogens is 174 g/mol. The predicted octanol–water partition coefficient (Wildman–Crippen LogP) is 1.77. The fourth-order valence-corrected chi connectivity index (χ4v) is 2.58. The molecule has 0 aromatic rings. The van der Waals surface area contributed by atoms with Gasteiger partial charge in [-0.3, -0.25) is 4.99 Å². The summed E-state index contributed by atoms with van der Waals surface area (Å²) in [6.45, 7) is 3.93. The van der Waals surface area contributed by atoms with Gasteiger partial charge >= 0.3 is 5.97 Å². The van der Waals surface area contributed by atoms with Gasteiger partial charge in [0.25, 0.3) is 0 Å². The van der Waals surface area contributed by atoms with Gasteiger partial charge in [0.1, 0.15) is 0 Å². The fourth-order valence-electron chi connectivity index (χ4n) is 1.31. The van der Waals surface area contributed by atoms with Crippen molar-refractivity contribution >= 4 is 22.8 Å². The van der Waals surface area contributed by atoms with Crippen molar-refractivity contribution in [2.45, 2.75) is 38.0 Å². The summed E-state index contributed by atoms with van der Waals surface area (Å²) >= 11 is 1.60. The third-order valence-electron chi connectivity index (χ3n) is 1.82. The number of aliphatic imine (C=N–C) groups is 1. The summed E-state index contributed by atoms with van der Waals surface area (Å²) in [5.74, 6) is -0.794. The third-order valence-corrected chi connectivity index (χ3v) is 3.06. The summed E-state index contributed by atoms with van der Waals surface area (Å²) < 4.78 is 0. The predicted molar refractivity (Wildman–Crippen MR) is 50.8 cm³/mol. The molecule has 0 spiro atoms. The molecule has 0 fully saturated rings. The SMILES string of the molecule is CCCC1SC(C)=NC1C(=O)O. The van der Waals surface area contributed by atoms with Crippen LogP contribution in [0, 0.1) is 0 Å². The minimum atomic E-state index is -0.794. The molecular formula is C8H13NO2S. The van der Waals surface area contributed by atoms with Crippen molar-refractivity contribution in [2.24, 2.45) is 4.99 Å². The summed E-state index contributed by atoms with van der Waals surface area (Å²) in [4.78, 5) is 14.8. The fraction of sp³-hybridized carbons (Fsp3) is 0.750. The number of aliphatic carboxylic acids is 1. The van der Waals surface area contributed by atoms with Crippen LogP contribution in [0.5, 0.6) is 0 Å². The standard InChI is InChI=1S/C8H13NO2S/c1-3-4-6-7(8(10)11)9-5(2)12-6/h6-7H,3-4H2,1-2H3,(H,10,11). The Hall–Kier alpha value is -0.510. The van der Waals surface area contributed by atoms with Crippen LogP contribution in [0.1, 0.15) is 26.7 Å². The van der Waals surface area contributed by atoms with E-state index in [1.165, 1.54) is 0 Å². The van der Waals surface area contributed by atoms with Crippen molar-refractivity contribution < 1.29 is 9.90 Å². The highest BCUT2D eigenvalue weighted by Crippen LogP contribution is 2.30. The first-order valence-corrected chi connectivity index (χ1v) is 4.97. The van der Waals surface area contributed by atoms with Gasteiger partial charge in [-0.05, 0) is 13.3 Å². The molecule has 0 amide bonds. The maximum Gasteiger partial charge on any atom is 0.329 e. The minimum absolute atomic E-state index is 0.160. The average molecular weight is 187 g/mol. The van der Waals surface area contributed by atoms with Gasteiger partial charge in [0.2, 0.25) is 0 Å². The number of rotatable bonds is 3. The zero-order valence-electron chi connectivity index (χ0n) is 7.28. The quantitative estimate of drug-likeness (QED) is 0.732. The van der Waals surface area contributed by atoms with Crippen molar-refractivity contribution in [3.8, 4) is 0 Å². The Morgan fingerprint density at radius 2 is 2.42 bits per heavy atom. The molecule has 1 aliphatic heterocycles. The Morgan fingerprint density at radius 3 is 2.92 bits per heavy atom. The van der Waals surface area contributed by atoms with Gasteiger partial charge in [-0.25, -0.2) is 4.79 Å². The van der Waals surface area contributed by atoms with Crippen LogP contribution in [-0.2, 0) is 4.79 Å².